The topological polar surface area (TPSA) is 71.3 Å². The summed E-state index contributed by atoms with van der Waals surface area (Å²) in [5.74, 6) is -2.20. The normalized spacial score (nSPS) is 11.3. The number of phenolic OH excluding ortho intramolecular Hbond substituents is 1. The lowest BCUT2D eigenvalue weighted by Crippen LogP contribution is -2.31. The number of carbonyl (C=O) groups is 2. The molecule has 3 aromatic rings. The number of carbonyl (C=O) groups excluding carboxylic acids is 2. The summed E-state index contributed by atoms with van der Waals surface area (Å²) in [5.41, 5.74) is 1.24. The van der Waals surface area contributed by atoms with Crippen molar-refractivity contribution < 1.29 is 19.1 Å². The number of nitrogens with one attached hydrogen (secondary N) is 1. The fourth-order valence-electron chi connectivity index (χ4n) is 3.29. The van der Waals surface area contributed by atoms with Crippen LogP contribution in [0.4, 0.5) is 4.39 Å². The Morgan fingerprint density at radius 3 is 2.48 bits per heavy atom. The first-order valence-corrected chi connectivity index (χ1v) is 9.67. The third-order valence-electron chi connectivity index (χ3n) is 4.57. The smallest absolute Gasteiger partial charge is 0.262 e. The van der Waals surface area contributed by atoms with Crippen molar-refractivity contribution >= 4 is 45.9 Å². The molecule has 3 rings (SSSR count). The van der Waals surface area contributed by atoms with Crippen LogP contribution >= 0.6 is 23.2 Å². The third kappa shape index (κ3) is 3.95. The standard InChI is InChI=1S/C21H19Cl2FN2O3/c1-10(2)25-18(28)9-13-11(3)26(16-6-7-17(27)20(24)19(13)16)21(29)12-4-5-14(22)15(23)8-12/h4-8,10,27H,9H2,1-3H3,(H,25,28). The number of hydrogen-bond donors (Lipinski definition) is 2. The molecule has 0 aliphatic heterocycles. The van der Waals surface area contributed by atoms with Crippen LogP contribution in [0.5, 0.6) is 5.75 Å². The van der Waals surface area contributed by atoms with Crippen LogP contribution in [-0.4, -0.2) is 27.5 Å². The summed E-state index contributed by atoms with van der Waals surface area (Å²) in [6, 6.07) is 6.98. The molecule has 2 N–H and O–H groups in total. The van der Waals surface area contributed by atoms with Crippen LogP contribution in [0, 0.1) is 12.7 Å². The van der Waals surface area contributed by atoms with Gasteiger partial charge in [-0.3, -0.25) is 14.2 Å². The zero-order valence-electron chi connectivity index (χ0n) is 16.0. The van der Waals surface area contributed by atoms with Crippen LogP contribution < -0.4 is 5.32 Å². The van der Waals surface area contributed by atoms with Gasteiger partial charge in [0.05, 0.1) is 22.0 Å². The van der Waals surface area contributed by atoms with Crippen molar-refractivity contribution in [1.82, 2.24) is 9.88 Å². The van der Waals surface area contributed by atoms with Gasteiger partial charge in [0.2, 0.25) is 5.91 Å². The highest BCUT2D eigenvalue weighted by Crippen LogP contribution is 2.34. The Balaban J connectivity index is 2.21. The van der Waals surface area contributed by atoms with Crippen molar-refractivity contribution in [3.05, 3.63) is 63.0 Å². The maximum Gasteiger partial charge on any atom is 0.262 e. The third-order valence-corrected chi connectivity index (χ3v) is 5.31. The van der Waals surface area contributed by atoms with Gasteiger partial charge >= 0.3 is 0 Å². The van der Waals surface area contributed by atoms with E-state index < -0.39 is 17.5 Å². The number of phenols is 1. The highest BCUT2D eigenvalue weighted by Gasteiger charge is 2.25. The van der Waals surface area contributed by atoms with Crippen LogP contribution in [0.3, 0.4) is 0 Å². The molecule has 0 fully saturated rings. The van der Waals surface area contributed by atoms with Crippen molar-refractivity contribution in [2.45, 2.75) is 33.2 Å². The van der Waals surface area contributed by atoms with Gasteiger partial charge in [-0.2, -0.15) is 0 Å². The molecular weight excluding hydrogens is 418 g/mol. The summed E-state index contributed by atoms with van der Waals surface area (Å²) in [4.78, 5) is 25.5. The minimum absolute atomic E-state index is 0.0369. The van der Waals surface area contributed by atoms with Crippen molar-refractivity contribution in [2.75, 3.05) is 0 Å². The monoisotopic (exact) mass is 436 g/mol. The second kappa shape index (κ2) is 8.05. The average molecular weight is 437 g/mol. The first kappa shape index (κ1) is 21.1. The van der Waals surface area contributed by atoms with E-state index >= 15 is 0 Å². The number of hydrogen-bond acceptors (Lipinski definition) is 3. The molecule has 29 heavy (non-hydrogen) atoms. The van der Waals surface area contributed by atoms with Gasteiger partial charge in [0.15, 0.2) is 11.6 Å². The first-order valence-electron chi connectivity index (χ1n) is 8.92. The summed E-state index contributed by atoms with van der Waals surface area (Å²) in [6.07, 6.45) is -0.136. The number of halogens is 3. The number of nitrogens with zero attached hydrogens (tertiary/aromatic N) is 1. The highest BCUT2D eigenvalue weighted by atomic mass is 35.5. The molecule has 0 bridgehead atoms. The number of amides is 1. The molecule has 0 atom stereocenters. The van der Waals surface area contributed by atoms with E-state index in [1.165, 1.54) is 34.9 Å². The van der Waals surface area contributed by atoms with Crippen LogP contribution in [0.25, 0.3) is 10.9 Å². The first-order chi connectivity index (χ1) is 13.6. The molecule has 5 nitrogen and oxygen atoms in total. The van der Waals surface area contributed by atoms with E-state index in [2.05, 4.69) is 5.32 Å². The van der Waals surface area contributed by atoms with Crippen molar-refractivity contribution in [3.63, 3.8) is 0 Å². The Morgan fingerprint density at radius 1 is 1.17 bits per heavy atom. The molecule has 1 amide bonds. The Labute approximate surface area is 177 Å². The van der Waals surface area contributed by atoms with E-state index in [1.54, 1.807) is 6.92 Å². The number of benzene rings is 2. The van der Waals surface area contributed by atoms with Gasteiger partial charge in [0.1, 0.15) is 0 Å². The summed E-state index contributed by atoms with van der Waals surface area (Å²) in [6.45, 7) is 5.26. The maximum atomic E-state index is 14.8. The number of aromatic nitrogens is 1. The lowest BCUT2D eigenvalue weighted by molar-refractivity contribution is -0.120. The summed E-state index contributed by atoms with van der Waals surface area (Å²) in [5, 5.41) is 13.1. The van der Waals surface area contributed by atoms with Crippen LogP contribution in [-0.2, 0) is 11.2 Å². The summed E-state index contributed by atoms with van der Waals surface area (Å²) >= 11 is 12.0. The van der Waals surface area contributed by atoms with Crippen LogP contribution in [0.1, 0.15) is 35.5 Å². The molecule has 1 aromatic heterocycles. The number of rotatable bonds is 4. The van der Waals surface area contributed by atoms with Gasteiger partial charge in [0, 0.05) is 22.7 Å². The Kier molecular flexibility index (Phi) is 5.87. The minimum Gasteiger partial charge on any atom is -0.505 e. The van der Waals surface area contributed by atoms with Crippen LogP contribution in [0.2, 0.25) is 10.0 Å². The van der Waals surface area contributed by atoms with E-state index in [9.17, 15) is 19.1 Å². The van der Waals surface area contributed by atoms with Gasteiger partial charge in [-0.05, 0) is 56.7 Å². The summed E-state index contributed by atoms with van der Waals surface area (Å²) < 4.78 is 16.1. The molecule has 0 radical (unpaired) electrons. The van der Waals surface area contributed by atoms with E-state index in [4.69, 9.17) is 23.2 Å². The molecule has 0 unspecified atom stereocenters. The Hall–Kier alpha value is -2.57. The Bertz CT molecular complexity index is 1140. The fourth-order valence-corrected chi connectivity index (χ4v) is 3.59. The zero-order chi connectivity index (χ0) is 21.5. The quantitative estimate of drug-likeness (QED) is 0.613. The van der Waals surface area contributed by atoms with Gasteiger partial charge < -0.3 is 10.4 Å². The summed E-state index contributed by atoms with van der Waals surface area (Å²) in [7, 11) is 0. The SMILES string of the molecule is Cc1c(CC(=O)NC(C)C)c2c(F)c(O)ccc2n1C(=O)c1ccc(Cl)c(Cl)c1. The largest absolute Gasteiger partial charge is 0.505 e. The minimum atomic E-state index is -0.876. The molecule has 0 saturated carbocycles. The highest BCUT2D eigenvalue weighted by molar-refractivity contribution is 6.42. The van der Waals surface area contributed by atoms with E-state index in [0.717, 1.165) is 0 Å². The fraction of sp³-hybridized carbons (Fsp3) is 0.238. The predicted molar refractivity (Wildman–Crippen MR) is 111 cm³/mol. The van der Waals surface area contributed by atoms with Crippen molar-refractivity contribution in [1.29, 1.82) is 0 Å². The lowest BCUT2D eigenvalue weighted by Gasteiger charge is -2.10. The lowest BCUT2D eigenvalue weighted by atomic mass is 10.1. The molecule has 8 heteroatoms. The average Bonchev–Trinajstić information content (AvgIpc) is 2.91. The molecule has 0 spiro atoms. The zero-order valence-corrected chi connectivity index (χ0v) is 17.5. The van der Waals surface area contributed by atoms with Crippen LogP contribution in [0.15, 0.2) is 30.3 Å². The van der Waals surface area contributed by atoms with Gasteiger partial charge in [0.25, 0.3) is 5.91 Å². The van der Waals surface area contributed by atoms with Gasteiger partial charge in [-0.1, -0.05) is 23.2 Å². The second-order valence-corrected chi connectivity index (χ2v) is 7.84. The molecule has 152 valence electrons. The molecule has 0 saturated heterocycles. The number of fused-ring (bicyclic) bond motifs is 1. The van der Waals surface area contributed by atoms with E-state index in [1.807, 2.05) is 13.8 Å². The maximum absolute atomic E-state index is 14.8. The second-order valence-electron chi connectivity index (χ2n) is 7.03. The van der Waals surface area contributed by atoms with Gasteiger partial charge in [-0.15, -0.1) is 0 Å². The molecule has 2 aromatic carbocycles. The van der Waals surface area contributed by atoms with E-state index in [-0.39, 0.29) is 39.9 Å². The molecule has 0 aliphatic rings. The molecular formula is C21H19Cl2FN2O3. The van der Waals surface area contributed by atoms with E-state index in [0.29, 0.717) is 16.3 Å². The van der Waals surface area contributed by atoms with Crippen molar-refractivity contribution in [2.24, 2.45) is 0 Å². The number of aromatic hydroxyl groups is 1. The van der Waals surface area contributed by atoms with Gasteiger partial charge in [-0.25, -0.2) is 4.39 Å². The molecule has 0 aliphatic carbocycles. The Morgan fingerprint density at radius 2 is 1.86 bits per heavy atom. The molecule has 1 heterocycles. The predicted octanol–water partition coefficient (Wildman–Crippen LogP) is 4.86. The van der Waals surface area contributed by atoms with Crippen molar-refractivity contribution in [3.8, 4) is 5.75 Å².